The number of hydrogen-bond donors (Lipinski definition) is 0. The number of thiophene rings is 2. The number of halogens is 3. The Hall–Kier alpha value is 0.650. The van der Waals surface area contributed by atoms with Gasteiger partial charge in [-0.05, 0) is 67.4 Å². The van der Waals surface area contributed by atoms with E-state index in [-0.39, 0.29) is 5.38 Å². The molecule has 0 saturated carbocycles. The van der Waals surface area contributed by atoms with Gasteiger partial charge in [-0.3, -0.25) is 0 Å². The Morgan fingerprint density at radius 1 is 1.33 bits per heavy atom. The van der Waals surface area contributed by atoms with E-state index in [2.05, 4.69) is 56.3 Å². The van der Waals surface area contributed by atoms with Crippen LogP contribution in [0.15, 0.2) is 25.1 Å². The normalized spacial score (nSPS) is 13.1. The lowest BCUT2D eigenvalue weighted by molar-refractivity contribution is 1.20. The minimum absolute atomic E-state index is 0.0393. The van der Waals surface area contributed by atoms with Crippen LogP contribution in [0.1, 0.15) is 21.4 Å². The van der Waals surface area contributed by atoms with Gasteiger partial charge in [-0.25, -0.2) is 0 Å². The molecule has 0 amide bonds. The topological polar surface area (TPSA) is 0 Å². The zero-order chi connectivity index (χ0) is 11.0. The first-order valence-electron chi connectivity index (χ1n) is 4.21. The summed E-state index contributed by atoms with van der Waals surface area (Å²) >= 11 is 16.7. The second-order valence-electron chi connectivity index (χ2n) is 3.15. The van der Waals surface area contributed by atoms with Crippen molar-refractivity contribution in [2.24, 2.45) is 0 Å². The number of rotatable bonds is 2. The van der Waals surface area contributed by atoms with Crippen LogP contribution in [0.3, 0.4) is 0 Å². The maximum absolute atomic E-state index is 6.41. The average Bonchev–Trinajstić information content (AvgIpc) is 2.74. The molecule has 0 spiro atoms. The van der Waals surface area contributed by atoms with Gasteiger partial charge in [-0.1, -0.05) is 0 Å². The molecule has 0 nitrogen and oxygen atoms in total. The third-order valence-electron chi connectivity index (χ3n) is 2.01. The zero-order valence-corrected chi connectivity index (χ0v) is 13.3. The zero-order valence-electron chi connectivity index (χ0n) is 7.76. The highest BCUT2D eigenvalue weighted by Crippen LogP contribution is 2.39. The van der Waals surface area contributed by atoms with E-state index in [4.69, 9.17) is 11.6 Å². The summed E-state index contributed by atoms with van der Waals surface area (Å²) in [6, 6.07) is 4.21. The van der Waals surface area contributed by atoms with E-state index in [1.165, 1.54) is 10.4 Å². The van der Waals surface area contributed by atoms with Crippen LogP contribution in [0, 0.1) is 6.92 Å². The fourth-order valence-electron chi connectivity index (χ4n) is 1.23. The Kier molecular flexibility index (Phi) is 3.94. The van der Waals surface area contributed by atoms with Gasteiger partial charge in [0.25, 0.3) is 0 Å². The van der Waals surface area contributed by atoms with Crippen LogP contribution in [0.25, 0.3) is 0 Å². The van der Waals surface area contributed by atoms with E-state index in [0.29, 0.717) is 0 Å². The summed E-state index contributed by atoms with van der Waals surface area (Å²) in [6.07, 6.45) is 0. The summed E-state index contributed by atoms with van der Waals surface area (Å²) in [5.74, 6) is 0. The summed E-state index contributed by atoms with van der Waals surface area (Å²) < 4.78 is 2.29. The Bertz CT molecular complexity index is 456. The van der Waals surface area contributed by atoms with Crippen molar-refractivity contribution in [2.75, 3.05) is 0 Å². The summed E-state index contributed by atoms with van der Waals surface area (Å²) in [6.45, 7) is 2.08. The molecule has 2 heterocycles. The summed E-state index contributed by atoms with van der Waals surface area (Å²) in [4.78, 5) is 1.19. The average molecular weight is 387 g/mol. The van der Waals surface area contributed by atoms with Crippen molar-refractivity contribution < 1.29 is 0 Å². The van der Waals surface area contributed by atoms with Crippen molar-refractivity contribution in [3.63, 3.8) is 0 Å². The number of alkyl halides is 1. The summed E-state index contributed by atoms with van der Waals surface area (Å²) in [5.41, 5.74) is 2.40. The second kappa shape index (κ2) is 4.88. The molecule has 0 bridgehead atoms. The Morgan fingerprint density at radius 2 is 2.07 bits per heavy atom. The van der Waals surface area contributed by atoms with Gasteiger partial charge in [0.1, 0.15) is 0 Å². The standard InChI is InChI=1S/C10H7Br2ClS2/c1-5-2-7(15-10(5)12)9(13)6-3-8(11)14-4-6/h2-4,9H,1H3. The van der Waals surface area contributed by atoms with Gasteiger partial charge in [-0.15, -0.1) is 34.3 Å². The van der Waals surface area contributed by atoms with Gasteiger partial charge >= 0.3 is 0 Å². The molecular weight excluding hydrogens is 380 g/mol. The second-order valence-corrected chi connectivity index (χ2v) is 8.28. The van der Waals surface area contributed by atoms with E-state index < -0.39 is 0 Å². The van der Waals surface area contributed by atoms with Crippen molar-refractivity contribution in [1.82, 2.24) is 0 Å². The molecule has 5 heteroatoms. The quantitative estimate of drug-likeness (QED) is 0.558. The van der Waals surface area contributed by atoms with Gasteiger partial charge in [0, 0.05) is 4.88 Å². The van der Waals surface area contributed by atoms with Gasteiger partial charge in [0.2, 0.25) is 0 Å². The van der Waals surface area contributed by atoms with Crippen molar-refractivity contribution in [2.45, 2.75) is 12.3 Å². The lowest BCUT2D eigenvalue weighted by Crippen LogP contribution is -1.85. The molecule has 1 atom stereocenters. The molecule has 2 rings (SSSR count). The number of hydrogen-bond acceptors (Lipinski definition) is 2. The third kappa shape index (κ3) is 2.67. The van der Waals surface area contributed by atoms with Crippen LogP contribution in [-0.2, 0) is 0 Å². The van der Waals surface area contributed by atoms with Crippen LogP contribution in [-0.4, -0.2) is 0 Å². The molecule has 2 aromatic rings. The third-order valence-corrected chi connectivity index (χ3v) is 6.35. The largest absolute Gasteiger partial charge is 0.136 e. The Balaban J connectivity index is 2.31. The highest BCUT2D eigenvalue weighted by Gasteiger charge is 2.15. The maximum Gasteiger partial charge on any atom is 0.0936 e. The molecule has 0 saturated heterocycles. The van der Waals surface area contributed by atoms with E-state index in [0.717, 1.165) is 13.1 Å². The molecular formula is C10H7Br2ClS2. The molecule has 0 aliphatic rings. The maximum atomic E-state index is 6.41. The molecule has 0 aliphatic carbocycles. The van der Waals surface area contributed by atoms with Gasteiger partial charge in [0.15, 0.2) is 0 Å². The minimum Gasteiger partial charge on any atom is -0.136 e. The molecule has 15 heavy (non-hydrogen) atoms. The smallest absolute Gasteiger partial charge is 0.0936 e. The van der Waals surface area contributed by atoms with Crippen LogP contribution in [0.2, 0.25) is 0 Å². The Labute approximate surface area is 119 Å². The monoisotopic (exact) mass is 384 g/mol. The van der Waals surface area contributed by atoms with Gasteiger partial charge < -0.3 is 0 Å². The first kappa shape index (κ1) is 12.1. The molecule has 0 aliphatic heterocycles. The van der Waals surface area contributed by atoms with Crippen LogP contribution >= 0.6 is 66.1 Å². The SMILES string of the molecule is Cc1cc(C(Cl)c2csc(Br)c2)sc1Br. The highest BCUT2D eigenvalue weighted by molar-refractivity contribution is 9.11. The van der Waals surface area contributed by atoms with Crippen molar-refractivity contribution in [3.8, 4) is 0 Å². The molecule has 0 fully saturated rings. The molecule has 80 valence electrons. The van der Waals surface area contributed by atoms with Crippen molar-refractivity contribution >= 4 is 66.1 Å². The van der Waals surface area contributed by atoms with Gasteiger partial charge in [0.05, 0.1) is 12.9 Å². The first-order valence-corrected chi connectivity index (χ1v) is 7.93. The van der Waals surface area contributed by atoms with E-state index in [1.807, 2.05) is 0 Å². The molecule has 0 aromatic carbocycles. The molecule has 0 radical (unpaired) electrons. The highest BCUT2D eigenvalue weighted by atomic mass is 79.9. The van der Waals surface area contributed by atoms with Gasteiger partial charge in [-0.2, -0.15) is 0 Å². The summed E-state index contributed by atoms with van der Waals surface area (Å²) in [5, 5.41) is 2.05. The predicted molar refractivity (Wildman–Crippen MR) is 76.5 cm³/mol. The van der Waals surface area contributed by atoms with Crippen LogP contribution in [0.4, 0.5) is 0 Å². The van der Waals surface area contributed by atoms with E-state index in [1.54, 1.807) is 22.7 Å². The van der Waals surface area contributed by atoms with Crippen LogP contribution < -0.4 is 0 Å². The fraction of sp³-hybridized carbons (Fsp3) is 0.200. The summed E-state index contributed by atoms with van der Waals surface area (Å²) in [7, 11) is 0. The molecule has 1 unspecified atom stereocenters. The minimum atomic E-state index is -0.0393. The lowest BCUT2D eigenvalue weighted by Gasteiger charge is -2.03. The van der Waals surface area contributed by atoms with E-state index >= 15 is 0 Å². The Morgan fingerprint density at radius 3 is 2.53 bits per heavy atom. The molecule has 2 aromatic heterocycles. The predicted octanol–water partition coefficient (Wildman–Crippen LogP) is 5.97. The van der Waals surface area contributed by atoms with E-state index in [9.17, 15) is 0 Å². The molecule has 0 N–H and O–H groups in total. The fourth-order valence-corrected chi connectivity index (χ4v) is 4.41. The first-order chi connectivity index (χ1) is 7.08. The lowest BCUT2D eigenvalue weighted by atomic mass is 10.2. The van der Waals surface area contributed by atoms with Crippen molar-refractivity contribution in [1.29, 1.82) is 0 Å². The van der Waals surface area contributed by atoms with Crippen molar-refractivity contribution in [3.05, 3.63) is 41.1 Å². The number of aryl methyl sites for hydroxylation is 1. The van der Waals surface area contributed by atoms with Crippen LogP contribution in [0.5, 0.6) is 0 Å².